The second-order valence-corrected chi connectivity index (χ2v) is 6.89. The van der Waals surface area contributed by atoms with Crippen LogP contribution in [0.25, 0.3) is 22.1 Å². The summed E-state index contributed by atoms with van der Waals surface area (Å²) in [6.07, 6.45) is 0. The molecule has 0 bridgehead atoms. The summed E-state index contributed by atoms with van der Waals surface area (Å²) in [5.74, 6) is -0.679. The number of ketones is 1. The average molecular weight is 380 g/mol. The smallest absolute Gasteiger partial charge is 0.211 e. The van der Waals surface area contributed by atoms with Crippen LogP contribution in [0.3, 0.4) is 0 Å². The number of aromatic nitrogens is 4. The Morgan fingerprint density at radius 3 is 2.70 bits per heavy atom. The van der Waals surface area contributed by atoms with Gasteiger partial charge in [-0.05, 0) is 31.2 Å². The molecule has 0 amide bonds. The number of aryl methyl sites for hydroxylation is 1. The molecule has 0 aliphatic heterocycles. The molecule has 0 radical (unpaired) electrons. The number of carbonyl (C=O) groups is 1. The highest BCUT2D eigenvalue weighted by Gasteiger charge is 2.15. The second kappa shape index (κ2) is 6.88. The van der Waals surface area contributed by atoms with Gasteiger partial charge in [0.25, 0.3) is 0 Å². The van der Waals surface area contributed by atoms with Crippen LogP contribution in [-0.4, -0.2) is 41.5 Å². The zero-order valence-electron chi connectivity index (χ0n) is 14.5. The normalized spacial score (nSPS) is 11.3. The van der Waals surface area contributed by atoms with Gasteiger partial charge in [-0.3, -0.25) is 4.79 Å². The van der Waals surface area contributed by atoms with Gasteiger partial charge in [-0.1, -0.05) is 30.0 Å². The molecule has 136 valence electrons. The highest BCUT2D eigenvalue weighted by atomic mass is 32.2. The zero-order chi connectivity index (χ0) is 19.0. The highest BCUT2D eigenvalue weighted by molar-refractivity contribution is 7.99. The van der Waals surface area contributed by atoms with Crippen molar-refractivity contribution in [3.05, 3.63) is 48.0 Å². The number of carbonyl (C=O) groups excluding carboxylic acids is 1. The minimum atomic E-state index is -0.322. The van der Waals surface area contributed by atoms with Gasteiger partial charge in [-0.2, -0.15) is 0 Å². The summed E-state index contributed by atoms with van der Waals surface area (Å²) >= 11 is 1.19. The summed E-state index contributed by atoms with van der Waals surface area (Å²) in [7, 11) is 0. The Morgan fingerprint density at radius 2 is 1.93 bits per heavy atom. The van der Waals surface area contributed by atoms with Crippen molar-refractivity contribution in [3.8, 4) is 11.5 Å². The molecule has 2 heterocycles. The van der Waals surface area contributed by atoms with Gasteiger partial charge in [0.05, 0.1) is 11.3 Å². The third kappa shape index (κ3) is 3.08. The van der Waals surface area contributed by atoms with Crippen LogP contribution < -0.4 is 0 Å². The number of fused-ring (bicyclic) bond motifs is 3. The fourth-order valence-electron chi connectivity index (χ4n) is 2.98. The first-order chi connectivity index (χ1) is 13.1. The van der Waals surface area contributed by atoms with Crippen molar-refractivity contribution in [2.24, 2.45) is 0 Å². The Bertz CT molecular complexity index is 1170. The molecule has 0 unspecified atom stereocenters. The van der Waals surface area contributed by atoms with E-state index < -0.39 is 0 Å². The van der Waals surface area contributed by atoms with Gasteiger partial charge in [0.2, 0.25) is 5.16 Å². The number of thioether (sulfide) groups is 1. The Kier molecular flexibility index (Phi) is 4.41. The maximum atomic E-state index is 12.3. The van der Waals surface area contributed by atoms with E-state index in [1.54, 1.807) is 0 Å². The van der Waals surface area contributed by atoms with Crippen molar-refractivity contribution in [2.45, 2.75) is 18.6 Å². The first-order valence-electron chi connectivity index (χ1n) is 8.38. The number of phenols is 2. The minimum Gasteiger partial charge on any atom is -0.504 e. The first-order valence-corrected chi connectivity index (χ1v) is 9.36. The number of para-hydroxylation sites is 1. The molecule has 4 aromatic rings. The summed E-state index contributed by atoms with van der Waals surface area (Å²) in [5.41, 5.74) is 2.85. The lowest BCUT2D eigenvalue weighted by Gasteiger charge is -2.04. The zero-order valence-corrected chi connectivity index (χ0v) is 15.3. The van der Waals surface area contributed by atoms with Crippen LogP contribution >= 0.6 is 11.8 Å². The molecule has 27 heavy (non-hydrogen) atoms. The van der Waals surface area contributed by atoms with Crippen molar-refractivity contribution in [2.75, 3.05) is 5.75 Å². The van der Waals surface area contributed by atoms with Gasteiger partial charge in [0.1, 0.15) is 5.52 Å². The van der Waals surface area contributed by atoms with Crippen molar-refractivity contribution in [1.29, 1.82) is 0 Å². The number of aromatic hydroxyl groups is 2. The number of benzene rings is 2. The van der Waals surface area contributed by atoms with Gasteiger partial charge in [0, 0.05) is 17.5 Å². The lowest BCUT2D eigenvalue weighted by Crippen LogP contribution is -2.04. The minimum absolute atomic E-state index is 0.101. The van der Waals surface area contributed by atoms with Gasteiger partial charge >= 0.3 is 0 Å². The van der Waals surface area contributed by atoms with Crippen LogP contribution in [0, 0.1) is 0 Å². The predicted octanol–water partition coefficient (Wildman–Crippen LogP) is 3.39. The summed E-state index contributed by atoms with van der Waals surface area (Å²) in [6, 6.07) is 11.9. The average Bonchev–Trinajstić information content (AvgIpc) is 3.01. The van der Waals surface area contributed by atoms with Crippen LogP contribution in [-0.2, 0) is 6.54 Å². The molecule has 8 heteroatoms. The molecule has 4 rings (SSSR count). The SMILES string of the molecule is CCn1c2ccccc2c2nnc(SCC(=O)c3ccc(O)c(O)c3)nc21. The van der Waals surface area contributed by atoms with E-state index in [4.69, 9.17) is 0 Å². The Hall–Kier alpha value is -3.13. The summed E-state index contributed by atoms with van der Waals surface area (Å²) in [6.45, 7) is 2.79. The van der Waals surface area contributed by atoms with E-state index in [0.29, 0.717) is 10.7 Å². The molecule has 0 aliphatic rings. The molecule has 2 aromatic carbocycles. The summed E-state index contributed by atoms with van der Waals surface area (Å²) in [5, 5.41) is 28.8. The molecular weight excluding hydrogens is 364 g/mol. The highest BCUT2D eigenvalue weighted by Crippen LogP contribution is 2.28. The Balaban J connectivity index is 1.61. The molecular formula is C19H16N4O3S. The number of Topliss-reactive ketones (excluding diaryl/α,β-unsaturated/α-hetero) is 1. The lowest BCUT2D eigenvalue weighted by molar-refractivity contribution is 0.102. The molecule has 0 fully saturated rings. The third-order valence-corrected chi connectivity index (χ3v) is 5.14. The maximum absolute atomic E-state index is 12.3. The standard InChI is InChI=1S/C19H16N4O3S/c1-2-23-13-6-4-3-5-12(13)17-18(23)20-19(22-21-17)27-10-16(26)11-7-8-14(24)15(25)9-11/h3-9,24-25H,2,10H2,1H3. The van der Waals surface area contributed by atoms with E-state index in [1.807, 2.05) is 31.2 Å². The number of nitrogens with zero attached hydrogens (tertiary/aromatic N) is 4. The number of hydrogen-bond acceptors (Lipinski definition) is 7. The topological polar surface area (TPSA) is 101 Å². The fraction of sp³-hybridized carbons (Fsp3) is 0.158. The van der Waals surface area contributed by atoms with Gasteiger partial charge in [-0.15, -0.1) is 10.2 Å². The van der Waals surface area contributed by atoms with Gasteiger partial charge in [0.15, 0.2) is 22.9 Å². The van der Waals surface area contributed by atoms with Crippen molar-refractivity contribution in [3.63, 3.8) is 0 Å². The summed E-state index contributed by atoms with van der Waals surface area (Å²) in [4.78, 5) is 16.9. The Morgan fingerprint density at radius 1 is 1.11 bits per heavy atom. The molecule has 0 spiro atoms. The van der Waals surface area contributed by atoms with E-state index in [1.165, 1.54) is 30.0 Å². The predicted molar refractivity (Wildman–Crippen MR) is 103 cm³/mol. The van der Waals surface area contributed by atoms with Gasteiger partial charge < -0.3 is 14.8 Å². The Labute approximate surface area is 158 Å². The molecule has 2 N–H and O–H groups in total. The second-order valence-electron chi connectivity index (χ2n) is 5.94. The van der Waals surface area contributed by atoms with Crippen molar-refractivity contribution in [1.82, 2.24) is 19.7 Å². The van der Waals surface area contributed by atoms with Gasteiger partial charge in [-0.25, -0.2) is 4.98 Å². The van der Waals surface area contributed by atoms with E-state index in [-0.39, 0.29) is 23.0 Å². The quantitative estimate of drug-likeness (QED) is 0.311. The lowest BCUT2D eigenvalue weighted by atomic mass is 10.1. The molecule has 7 nitrogen and oxygen atoms in total. The molecule has 0 saturated carbocycles. The summed E-state index contributed by atoms with van der Waals surface area (Å²) < 4.78 is 2.07. The van der Waals surface area contributed by atoms with E-state index >= 15 is 0 Å². The van der Waals surface area contributed by atoms with Crippen molar-refractivity contribution >= 4 is 39.6 Å². The van der Waals surface area contributed by atoms with Crippen LogP contribution in [0.15, 0.2) is 47.6 Å². The van der Waals surface area contributed by atoms with Crippen LogP contribution in [0.5, 0.6) is 11.5 Å². The van der Waals surface area contributed by atoms with E-state index in [2.05, 4.69) is 19.7 Å². The third-order valence-electron chi connectivity index (χ3n) is 4.30. The molecule has 2 aromatic heterocycles. The largest absolute Gasteiger partial charge is 0.504 e. The molecule has 0 atom stereocenters. The molecule has 0 saturated heterocycles. The molecule has 0 aliphatic carbocycles. The number of hydrogen-bond donors (Lipinski definition) is 2. The van der Waals surface area contributed by atoms with E-state index in [9.17, 15) is 15.0 Å². The van der Waals surface area contributed by atoms with Crippen molar-refractivity contribution < 1.29 is 15.0 Å². The fourth-order valence-corrected chi connectivity index (χ4v) is 3.66. The van der Waals surface area contributed by atoms with E-state index in [0.717, 1.165) is 28.6 Å². The number of phenolic OH excluding ortho intramolecular Hbond substituents is 2. The van der Waals surface area contributed by atoms with Crippen LogP contribution in [0.1, 0.15) is 17.3 Å². The first kappa shape index (κ1) is 17.3. The monoisotopic (exact) mass is 380 g/mol. The van der Waals surface area contributed by atoms with Crippen LogP contribution in [0.4, 0.5) is 0 Å². The van der Waals surface area contributed by atoms with Crippen LogP contribution in [0.2, 0.25) is 0 Å². The maximum Gasteiger partial charge on any atom is 0.211 e. The number of rotatable bonds is 5.